The molecule has 122 valence electrons. The predicted molar refractivity (Wildman–Crippen MR) is 95.0 cm³/mol. The van der Waals surface area contributed by atoms with Gasteiger partial charge in [0.05, 0.1) is 25.5 Å². The van der Waals surface area contributed by atoms with E-state index < -0.39 is 0 Å². The van der Waals surface area contributed by atoms with Gasteiger partial charge in [0.2, 0.25) is 0 Å². The minimum Gasteiger partial charge on any atom is -0.496 e. The van der Waals surface area contributed by atoms with Crippen LogP contribution in [0.4, 0.5) is 5.69 Å². The third kappa shape index (κ3) is 4.81. The van der Waals surface area contributed by atoms with E-state index in [0.29, 0.717) is 17.9 Å². The highest BCUT2D eigenvalue weighted by Crippen LogP contribution is 2.24. The second-order valence-electron chi connectivity index (χ2n) is 5.32. The first-order chi connectivity index (χ1) is 11.0. The van der Waals surface area contributed by atoms with E-state index in [1.54, 1.807) is 25.3 Å². The highest BCUT2D eigenvalue weighted by atomic mass is 79.9. The van der Waals surface area contributed by atoms with Gasteiger partial charge in [-0.3, -0.25) is 4.79 Å². The highest BCUT2D eigenvalue weighted by molar-refractivity contribution is 9.10. The van der Waals surface area contributed by atoms with E-state index in [9.17, 15) is 4.79 Å². The number of nitrogens with one attached hydrogen (secondary N) is 1. The summed E-state index contributed by atoms with van der Waals surface area (Å²) >= 11 is 3.42. The lowest BCUT2D eigenvalue weighted by Crippen LogP contribution is -2.13. The van der Waals surface area contributed by atoms with E-state index >= 15 is 0 Å². The van der Waals surface area contributed by atoms with E-state index in [-0.39, 0.29) is 12.0 Å². The molecule has 0 aromatic heterocycles. The minimum atomic E-state index is -0.176. The zero-order valence-electron chi connectivity index (χ0n) is 13.4. The fourth-order valence-corrected chi connectivity index (χ4v) is 2.43. The van der Waals surface area contributed by atoms with Crippen molar-refractivity contribution in [2.45, 2.75) is 26.6 Å². The number of hydrogen-bond donors (Lipinski definition) is 1. The standard InChI is InChI=1S/C18H20BrNO3/c1-12(2)23-11-14-10-13(8-9-17(14)22-3)18(21)20-16-7-5-4-6-15(16)19/h4-10,12H,11H2,1-3H3,(H,20,21). The molecule has 0 bridgehead atoms. The van der Waals surface area contributed by atoms with Crippen LogP contribution in [0.25, 0.3) is 0 Å². The molecule has 0 radical (unpaired) electrons. The van der Waals surface area contributed by atoms with Gasteiger partial charge in [-0.05, 0) is 60.1 Å². The quantitative estimate of drug-likeness (QED) is 0.797. The van der Waals surface area contributed by atoms with Gasteiger partial charge in [0.15, 0.2) is 0 Å². The van der Waals surface area contributed by atoms with E-state index in [2.05, 4.69) is 21.2 Å². The molecule has 1 N–H and O–H groups in total. The number of hydrogen-bond acceptors (Lipinski definition) is 3. The van der Waals surface area contributed by atoms with Gasteiger partial charge in [-0.1, -0.05) is 12.1 Å². The first-order valence-corrected chi connectivity index (χ1v) is 8.15. The maximum Gasteiger partial charge on any atom is 0.255 e. The number of methoxy groups -OCH3 is 1. The van der Waals surface area contributed by atoms with Crippen molar-refractivity contribution in [3.8, 4) is 5.75 Å². The van der Waals surface area contributed by atoms with Gasteiger partial charge in [-0.15, -0.1) is 0 Å². The average molecular weight is 378 g/mol. The summed E-state index contributed by atoms with van der Waals surface area (Å²) in [5.74, 6) is 0.536. The van der Waals surface area contributed by atoms with E-state index in [1.165, 1.54) is 0 Å². The number of para-hydroxylation sites is 1. The maximum atomic E-state index is 12.4. The highest BCUT2D eigenvalue weighted by Gasteiger charge is 2.12. The number of carbonyl (C=O) groups excluding carboxylic acids is 1. The number of amides is 1. The van der Waals surface area contributed by atoms with Gasteiger partial charge in [0.1, 0.15) is 5.75 Å². The molecule has 1 amide bonds. The van der Waals surface area contributed by atoms with Crippen molar-refractivity contribution >= 4 is 27.5 Å². The number of carbonyl (C=O) groups is 1. The van der Waals surface area contributed by atoms with Crippen LogP contribution in [0.2, 0.25) is 0 Å². The molecule has 0 heterocycles. The molecule has 23 heavy (non-hydrogen) atoms. The molecule has 2 aromatic carbocycles. The molecule has 0 saturated heterocycles. The Morgan fingerprint density at radius 1 is 1.22 bits per heavy atom. The lowest BCUT2D eigenvalue weighted by atomic mass is 10.1. The molecule has 4 nitrogen and oxygen atoms in total. The van der Waals surface area contributed by atoms with Crippen molar-refractivity contribution in [3.63, 3.8) is 0 Å². The summed E-state index contributed by atoms with van der Waals surface area (Å²) in [7, 11) is 1.61. The van der Waals surface area contributed by atoms with Gasteiger partial charge in [-0.25, -0.2) is 0 Å². The Morgan fingerprint density at radius 2 is 1.96 bits per heavy atom. The molecule has 2 rings (SSSR count). The van der Waals surface area contributed by atoms with Gasteiger partial charge >= 0.3 is 0 Å². The molecule has 5 heteroatoms. The number of anilines is 1. The lowest BCUT2D eigenvalue weighted by molar-refractivity contribution is 0.0644. The number of benzene rings is 2. The summed E-state index contributed by atoms with van der Waals surface area (Å²) < 4.78 is 11.8. The summed E-state index contributed by atoms with van der Waals surface area (Å²) in [6.07, 6.45) is 0.109. The van der Waals surface area contributed by atoms with Crippen LogP contribution in [0.15, 0.2) is 46.9 Å². The normalized spacial score (nSPS) is 10.7. The van der Waals surface area contributed by atoms with Gasteiger partial charge in [0.25, 0.3) is 5.91 Å². The lowest BCUT2D eigenvalue weighted by Gasteiger charge is -2.13. The number of ether oxygens (including phenoxy) is 2. The van der Waals surface area contributed by atoms with E-state index in [0.717, 1.165) is 15.7 Å². The van der Waals surface area contributed by atoms with Crippen LogP contribution in [0.3, 0.4) is 0 Å². The topological polar surface area (TPSA) is 47.6 Å². The average Bonchev–Trinajstić information content (AvgIpc) is 2.54. The molecule has 2 aromatic rings. The predicted octanol–water partition coefficient (Wildman–Crippen LogP) is 4.64. The number of rotatable bonds is 6. The third-order valence-electron chi connectivity index (χ3n) is 3.24. The van der Waals surface area contributed by atoms with Crippen LogP contribution >= 0.6 is 15.9 Å². The monoisotopic (exact) mass is 377 g/mol. The molecule has 0 aliphatic rings. The maximum absolute atomic E-state index is 12.4. The molecule has 0 saturated carbocycles. The fraction of sp³-hybridized carbons (Fsp3) is 0.278. The molecular formula is C18H20BrNO3. The van der Waals surface area contributed by atoms with Crippen molar-refractivity contribution in [2.75, 3.05) is 12.4 Å². The van der Waals surface area contributed by atoms with Gasteiger partial charge in [-0.2, -0.15) is 0 Å². The molecule has 0 aliphatic heterocycles. The van der Waals surface area contributed by atoms with Gasteiger partial charge < -0.3 is 14.8 Å². The fourth-order valence-electron chi connectivity index (χ4n) is 2.05. The Labute approximate surface area is 144 Å². The van der Waals surface area contributed by atoms with Crippen LogP contribution in [0, 0.1) is 0 Å². The molecule has 0 aliphatic carbocycles. The smallest absolute Gasteiger partial charge is 0.255 e. The van der Waals surface area contributed by atoms with Crippen molar-refractivity contribution in [3.05, 3.63) is 58.1 Å². The van der Waals surface area contributed by atoms with Crippen LogP contribution in [0.1, 0.15) is 29.8 Å². The summed E-state index contributed by atoms with van der Waals surface area (Å²) in [6.45, 7) is 4.34. The Morgan fingerprint density at radius 3 is 2.61 bits per heavy atom. The van der Waals surface area contributed by atoms with Crippen molar-refractivity contribution in [1.82, 2.24) is 0 Å². The van der Waals surface area contributed by atoms with Crippen molar-refractivity contribution in [1.29, 1.82) is 0 Å². The van der Waals surface area contributed by atoms with Crippen LogP contribution in [-0.2, 0) is 11.3 Å². The largest absolute Gasteiger partial charge is 0.496 e. The SMILES string of the molecule is COc1ccc(C(=O)Nc2ccccc2Br)cc1COC(C)C. The minimum absolute atomic E-state index is 0.109. The Hall–Kier alpha value is -1.85. The molecular weight excluding hydrogens is 358 g/mol. The summed E-state index contributed by atoms with van der Waals surface area (Å²) in [6, 6.07) is 12.8. The second-order valence-corrected chi connectivity index (χ2v) is 6.17. The Balaban J connectivity index is 2.20. The Kier molecular flexibility index (Phi) is 6.19. The van der Waals surface area contributed by atoms with Crippen molar-refractivity contribution in [2.24, 2.45) is 0 Å². The van der Waals surface area contributed by atoms with E-state index in [1.807, 2.05) is 38.1 Å². The van der Waals surface area contributed by atoms with Crippen LogP contribution < -0.4 is 10.1 Å². The third-order valence-corrected chi connectivity index (χ3v) is 3.93. The summed E-state index contributed by atoms with van der Waals surface area (Å²) in [5.41, 5.74) is 2.14. The summed E-state index contributed by atoms with van der Waals surface area (Å²) in [5, 5.41) is 2.89. The number of halogens is 1. The van der Waals surface area contributed by atoms with Crippen LogP contribution in [-0.4, -0.2) is 19.1 Å². The molecule has 0 fully saturated rings. The molecule has 0 unspecified atom stereocenters. The van der Waals surface area contributed by atoms with Crippen LogP contribution in [0.5, 0.6) is 5.75 Å². The zero-order valence-corrected chi connectivity index (χ0v) is 15.0. The van der Waals surface area contributed by atoms with Gasteiger partial charge in [0, 0.05) is 15.6 Å². The molecule has 0 atom stereocenters. The molecule has 0 spiro atoms. The van der Waals surface area contributed by atoms with E-state index in [4.69, 9.17) is 9.47 Å². The first-order valence-electron chi connectivity index (χ1n) is 7.35. The van der Waals surface area contributed by atoms with Crippen molar-refractivity contribution < 1.29 is 14.3 Å². The Bertz CT molecular complexity index is 686. The second kappa shape index (κ2) is 8.13. The first kappa shape index (κ1) is 17.5. The summed E-state index contributed by atoms with van der Waals surface area (Å²) in [4.78, 5) is 12.4. The zero-order chi connectivity index (χ0) is 16.8.